The van der Waals surface area contributed by atoms with E-state index in [1.807, 2.05) is 29.0 Å². The third-order valence-electron chi connectivity index (χ3n) is 4.88. The maximum atomic E-state index is 12.2. The highest BCUT2D eigenvalue weighted by molar-refractivity contribution is 5.95. The van der Waals surface area contributed by atoms with Gasteiger partial charge in [0.05, 0.1) is 7.11 Å². The van der Waals surface area contributed by atoms with E-state index in [9.17, 15) is 14.4 Å². The number of nitrogens with one attached hydrogen (secondary N) is 3. The van der Waals surface area contributed by atoms with Gasteiger partial charge in [0.25, 0.3) is 5.91 Å². The molecule has 32 heavy (non-hydrogen) atoms. The van der Waals surface area contributed by atoms with Crippen molar-refractivity contribution in [1.29, 1.82) is 0 Å². The van der Waals surface area contributed by atoms with Crippen molar-refractivity contribution in [3.05, 3.63) is 60.3 Å². The number of carbonyl (C=O) groups is 3. The Kier molecular flexibility index (Phi) is 7.33. The fourth-order valence-electron chi connectivity index (χ4n) is 3.07. The van der Waals surface area contributed by atoms with Crippen molar-refractivity contribution in [3.8, 4) is 5.75 Å². The van der Waals surface area contributed by atoms with Gasteiger partial charge in [-0.3, -0.25) is 9.59 Å². The Morgan fingerprint density at radius 3 is 2.38 bits per heavy atom. The zero-order chi connectivity index (χ0) is 23.1. The summed E-state index contributed by atoms with van der Waals surface area (Å²) in [4.78, 5) is 37.8. The molecule has 9 heteroatoms. The molecule has 2 aromatic carbocycles. The monoisotopic (exact) mass is 437 g/mol. The number of anilines is 1. The number of carbonyl (C=O) groups excluding carboxylic acids is 3. The maximum Gasteiger partial charge on any atom is 0.319 e. The number of hydrogen-bond acceptors (Lipinski definition) is 4. The molecule has 0 aliphatic heterocycles. The third-order valence-corrected chi connectivity index (χ3v) is 4.88. The lowest BCUT2D eigenvalue weighted by Gasteiger charge is -2.12. The number of urea groups is 1. The summed E-state index contributed by atoms with van der Waals surface area (Å²) in [6.45, 7) is 0.824. The highest BCUT2D eigenvalue weighted by atomic mass is 16.5. The van der Waals surface area contributed by atoms with Gasteiger partial charge in [-0.15, -0.1) is 0 Å². The molecular weight excluding hydrogens is 410 g/mol. The quantitative estimate of drug-likeness (QED) is 0.470. The predicted molar refractivity (Wildman–Crippen MR) is 123 cm³/mol. The van der Waals surface area contributed by atoms with Crippen LogP contribution in [0.25, 0.3) is 10.9 Å². The van der Waals surface area contributed by atoms with Crippen LogP contribution in [0.3, 0.4) is 0 Å². The summed E-state index contributed by atoms with van der Waals surface area (Å²) < 4.78 is 6.94. The molecule has 0 saturated heterocycles. The van der Waals surface area contributed by atoms with Gasteiger partial charge in [0.15, 0.2) is 0 Å². The van der Waals surface area contributed by atoms with Crippen LogP contribution in [0, 0.1) is 0 Å². The first-order valence-electron chi connectivity index (χ1n) is 10.1. The molecule has 0 aliphatic carbocycles. The molecule has 0 saturated carbocycles. The van der Waals surface area contributed by atoms with Crippen LogP contribution >= 0.6 is 0 Å². The number of methoxy groups -OCH3 is 1. The number of rotatable bonds is 8. The summed E-state index contributed by atoms with van der Waals surface area (Å²) in [6.07, 6.45) is 1.85. The summed E-state index contributed by atoms with van der Waals surface area (Å²) in [5.74, 6) is 0.456. The molecule has 9 nitrogen and oxygen atoms in total. The Bertz CT molecular complexity index is 1110. The third kappa shape index (κ3) is 5.78. The van der Waals surface area contributed by atoms with E-state index < -0.39 is 0 Å². The van der Waals surface area contributed by atoms with E-state index in [4.69, 9.17) is 4.74 Å². The van der Waals surface area contributed by atoms with Crippen LogP contribution in [-0.4, -0.2) is 61.6 Å². The van der Waals surface area contributed by atoms with E-state index in [1.54, 1.807) is 56.4 Å². The molecule has 0 fully saturated rings. The predicted octanol–water partition coefficient (Wildman–Crippen LogP) is 2.29. The minimum atomic E-state index is -0.370. The topological polar surface area (TPSA) is 105 Å². The smallest absolute Gasteiger partial charge is 0.319 e. The van der Waals surface area contributed by atoms with Crippen molar-refractivity contribution >= 4 is 34.4 Å². The number of likely N-dealkylation sites (N-methyl/N-ethyl adjacent to an activating group) is 1. The second-order valence-corrected chi connectivity index (χ2v) is 7.37. The van der Waals surface area contributed by atoms with Crippen molar-refractivity contribution in [3.63, 3.8) is 0 Å². The summed E-state index contributed by atoms with van der Waals surface area (Å²) >= 11 is 0. The minimum Gasteiger partial charge on any atom is -0.497 e. The molecular formula is C23H27N5O4. The molecule has 0 radical (unpaired) electrons. The number of ether oxygens (including phenoxy) is 1. The fourth-order valence-corrected chi connectivity index (χ4v) is 3.07. The van der Waals surface area contributed by atoms with Crippen LogP contribution < -0.4 is 20.7 Å². The second-order valence-electron chi connectivity index (χ2n) is 7.37. The van der Waals surface area contributed by atoms with Crippen LogP contribution in [0.2, 0.25) is 0 Å². The number of aromatic nitrogens is 1. The first-order valence-corrected chi connectivity index (χ1v) is 10.1. The van der Waals surface area contributed by atoms with Crippen molar-refractivity contribution in [1.82, 2.24) is 20.1 Å². The molecule has 1 heterocycles. The molecule has 3 rings (SSSR count). The van der Waals surface area contributed by atoms with Crippen molar-refractivity contribution in [2.24, 2.45) is 0 Å². The average Bonchev–Trinajstić information content (AvgIpc) is 3.18. The molecule has 0 unspecified atom stereocenters. The van der Waals surface area contributed by atoms with Crippen molar-refractivity contribution in [2.75, 3.05) is 39.6 Å². The summed E-state index contributed by atoms with van der Waals surface area (Å²) in [5, 5.41) is 9.15. The van der Waals surface area contributed by atoms with Gasteiger partial charge < -0.3 is 30.2 Å². The first-order chi connectivity index (χ1) is 15.4. The molecule has 1 aromatic heterocycles. The van der Waals surface area contributed by atoms with Gasteiger partial charge in [-0.05, 0) is 48.5 Å². The number of hydrogen-bond donors (Lipinski definition) is 3. The Balaban J connectivity index is 1.46. The van der Waals surface area contributed by atoms with E-state index in [-0.39, 0.29) is 30.9 Å². The molecule has 4 amide bonds. The molecule has 168 valence electrons. The molecule has 0 spiro atoms. The Morgan fingerprint density at radius 1 is 0.969 bits per heavy atom. The van der Waals surface area contributed by atoms with Crippen LogP contribution in [-0.2, 0) is 11.3 Å². The van der Waals surface area contributed by atoms with Crippen LogP contribution in [0.1, 0.15) is 10.4 Å². The lowest BCUT2D eigenvalue weighted by molar-refractivity contribution is -0.129. The van der Waals surface area contributed by atoms with Crippen LogP contribution in [0.15, 0.2) is 54.7 Å². The van der Waals surface area contributed by atoms with E-state index >= 15 is 0 Å². The van der Waals surface area contributed by atoms with Gasteiger partial charge >= 0.3 is 6.03 Å². The summed E-state index contributed by atoms with van der Waals surface area (Å²) in [6, 6.07) is 13.8. The molecule has 0 atom stereocenters. The van der Waals surface area contributed by atoms with E-state index in [1.165, 1.54) is 0 Å². The van der Waals surface area contributed by atoms with Gasteiger partial charge in [-0.25, -0.2) is 4.79 Å². The standard InChI is InChI=1S/C23H27N5O4/c1-27(2)21(29)15-28-13-10-17-14-18(6-9-20(17)28)26-23(31)25-12-11-24-22(30)16-4-7-19(32-3)8-5-16/h4-10,13-14H,11-12,15H2,1-3H3,(H,24,30)(H2,25,26,31). The Labute approximate surface area is 186 Å². The number of benzene rings is 2. The van der Waals surface area contributed by atoms with Crippen molar-refractivity contribution in [2.45, 2.75) is 6.54 Å². The largest absolute Gasteiger partial charge is 0.497 e. The highest BCUT2D eigenvalue weighted by Gasteiger charge is 2.10. The van der Waals surface area contributed by atoms with Crippen molar-refractivity contribution < 1.29 is 19.1 Å². The number of nitrogens with zero attached hydrogens (tertiary/aromatic N) is 2. The fraction of sp³-hybridized carbons (Fsp3) is 0.261. The minimum absolute atomic E-state index is 0.00293. The summed E-state index contributed by atoms with van der Waals surface area (Å²) in [7, 11) is 5.01. The first kappa shape index (κ1) is 22.7. The molecule has 0 bridgehead atoms. The highest BCUT2D eigenvalue weighted by Crippen LogP contribution is 2.20. The zero-order valence-electron chi connectivity index (χ0n) is 18.3. The van der Waals surface area contributed by atoms with Gasteiger partial charge in [0, 0.05) is 55.5 Å². The second kappa shape index (κ2) is 10.3. The molecule has 0 aliphatic rings. The SMILES string of the molecule is COc1ccc(C(=O)NCCNC(=O)Nc2ccc3c(ccn3CC(=O)N(C)C)c2)cc1. The maximum absolute atomic E-state index is 12.2. The lowest BCUT2D eigenvalue weighted by atomic mass is 10.2. The molecule has 3 aromatic rings. The number of fused-ring (bicyclic) bond motifs is 1. The van der Waals surface area contributed by atoms with E-state index in [0.717, 1.165) is 10.9 Å². The molecule has 3 N–H and O–H groups in total. The van der Waals surface area contributed by atoms with Crippen LogP contribution in [0.4, 0.5) is 10.5 Å². The normalized spacial score (nSPS) is 10.5. The van der Waals surface area contributed by atoms with Crippen LogP contribution in [0.5, 0.6) is 5.75 Å². The van der Waals surface area contributed by atoms with Gasteiger partial charge in [-0.1, -0.05) is 0 Å². The summed E-state index contributed by atoms with van der Waals surface area (Å²) in [5.41, 5.74) is 2.06. The lowest BCUT2D eigenvalue weighted by Crippen LogP contribution is -2.36. The Morgan fingerprint density at radius 2 is 1.69 bits per heavy atom. The average molecular weight is 438 g/mol. The Hall–Kier alpha value is -4.01. The van der Waals surface area contributed by atoms with Gasteiger partial charge in [0.1, 0.15) is 12.3 Å². The number of amides is 4. The van der Waals surface area contributed by atoms with Gasteiger partial charge in [-0.2, -0.15) is 0 Å². The van der Waals surface area contributed by atoms with E-state index in [0.29, 0.717) is 23.5 Å². The van der Waals surface area contributed by atoms with Gasteiger partial charge in [0.2, 0.25) is 5.91 Å². The van der Waals surface area contributed by atoms with E-state index in [2.05, 4.69) is 16.0 Å². The zero-order valence-corrected chi connectivity index (χ0v) is 18.3.